The predicted molar refractivity (Wildman–Crippen MR) is 69.3 cm³/mol. The van der Waals surface area contributed by atoms with E-state index in [1.54, 1.807) is 11.6 Å². The van der Waals surface area contributed by atoms with Gasteiger partial charge in [-0.25, -0.2) is 0 Å². The molecule has 0 atom stereocenters. The minimum Gasteiger partial charge on any atom is -0.480 e. The van der Waals surface area contributed by atoms with Gasteiger partial charge in [0, 0.05) is 13.1 Å². The van der Waals surface area contributed by atoms with Crippen molar-refractivity contribution in [3.8, 4) is 0 Å². The van der Waals surface area contributed by atoms with Gasteiger partial charge in [-0.15, -0.1) is 0 Å². The van der Waals surface area contributed by atoms with Crippen molar-refractivity contribution < 1.29 is 23.1 Å². The third-order valence-electron chi connectivity index (χ3n) is 2.59. The fourth-order valence-electron chi connectivity index (χ4n) is 1.84. The molecule has 0 amide bonds. The maximum absolute atomic E-state index is 12.5. The topological polar surface area (TPSA) is 58.4 Å². The summed E-state index contributed by atoms with van der Waals surface area (Å²) in [4.78, 5) is 11.5. The molecular formula is C11H15BrF3N3O2. The maximum atomic E-state index is 12.5. The molecule has 1 aromatic heterocycles. The first-order valence-electron chi connectivity index (χ1n) is 5.86. The summed E-state index contributed by atoms with van der Waals surface area (Å²) < 4.78 is 39.6. The van der Waals surface area contributed by atoms with Crippen molar-refractivity contribution in [3.63, 3.8) is 0 Å². The quantitative estimate of drug-likeness (QED) is 0.849. The second-order valence-corrected chi connectivity index (χ2v) is 5.11. The fourth-order valence-corrected chi connectivity index (χ4v) is 2.25. The van der Waals surface area contributed by atoms with Crippen LogP contribution in [0.15, 0.2) is 4.47 Å². The lowest BCUT2D eigenvalue weighted by molar-refractivity contribution is -0.155. The number of alkyl halides is 3. The zero-order chi connectivity index (χ0) is 15.5. The van der Waals surface area contributed by atoms with Crippen molar-refractivity contribution in [2.75, 3.05) is 13.1 Å². The maximum Gasteiger partial charge on any atom is 0.401 e. The smallest absolute Gasteiger partial charge is 0.401 e. The number of rotatable bonds is 6. The fraction of sp³-hybridized carbons (Fsp3) is 0.636. The number of carboxylic acid groups (broad SMARTS) is 1. The highest BCUT2D eigenvalue weighted by Crippen LogP contribution is 2.24. The van der Waals surface area contributed by atoms with Gasteiger partial charge in [-0.2, -0.15) is 18.3 Å². The van der Waals surface area contributed by atoms with E-state index in [9.17, 15) is 18.0 Å². The normalized spacial score (nSPS) is 12.2. The molecule has 0 aromatic carbocycles. The van der Waals surface area contributed by atoms with Crippen LogP contribution in [0.4, 0.5) is 13.2 Å². The molecule has 0 aliphatic heterocycles. The van der Waals surface area contributed by atoms with E-state index in [1.165, 1.54) is 0 Å². The molecule has 1 heterocycles. The van der Waals surface area contributed by atoms with Crippen LogP contribution in [-0.4, -0.2) is 45.0 Å². The first kappa shape index (κ1) is 17.0. The highest BCUT2D eigenvalue weighted by molar-refractivity contribution is 9.10. The summed E-state index contributed by atoms with van der Waals surface area (Å²) in [6.45, 7) is 1.94. The lowest BCUT2D eigenvalue weighted by Crippen LogP contribution is -2.38. The summed E-state index contributed by atoms with van der Waals surface area (Å²) >= 11 is 3.28. The van der Waals surface area contributed by atoms with Gasteiger partial charge in [-0.3, -0.25) is 14.4 Å². The third kappa shape index (κ3) is 4.78. The molecular weight excluding hydrogens is 343 g/mol. The molecule has 0 aliphatic carbocycles. The summed E-state index contributed by atoms with van der Waals surface area (Å²) in [6, 6.07) is 0. The minimum absolute atomic E-state index is 0.138. The molecule has 5 nitrogen and oxygen atoms in total. The van der Waals surface area contributed by atoms with Crippen LogP contribution in [0.2, 0.25) is 0 Å². The molecule has 114 valence electrons. The van der Waals surface area contributed by atoms with Gasteiger partial charge in [0.1, 0.15) is 0 Å². The SMILES string of the molecule is CCn1nc(C)c(Br)c1CN(CC(=O)O)CC(F)(F)F. The van der Waals surface area contributed by atoms with Crippen LogP contribution in [0.5, 0.6) is 0 Å². The van der Waals surface area contributed by atoms with Crippen molar-refractivity contribution in [1.29, 1.82) is 0 Å². The Kier molecular flexibility index (Phi) is 5.58. The van der Waals surface area contributed by atoms with Crippen LogP contribution in [0.1, 0.15) is 18.3 Å². The Morgan fingerprint density at radius 2 is 2.10 bits per heavy atom. The average Bonchev–Trinajstić information content (AvgIpc) is 2.53. The zero-order valence-corrected chi connectivity index (χ0v) is 12.6. The third-order valence-corrected chi connectivity index (χ3v) is 3.62. The number of hydrogen-bond donors (Lipinski definition) is 1. The monoisotopic (exact) mass is 357 g/mol. The lowest BCUT2D eigenvalue weighted by atomic mass is 10.3. The van der Waals surface area contributed by atoms with E-state index in [1.807, 2.05) is 6.92 Å². The van der Waals surface area contributed by atoms with E-state index >= 15 is 0 Å². The minimum atomic E-state index is -4.45. The Morgan fingerprint density at radius 3 is 2.55 bits per heavy atom. The molecule has 1 rings (SSSR count). The molecule has 0 fully saturated rings. The molecule has 0 saturated heterocycles. The van der Waals surface area contributed by atoms with Gasteiger partial charge in [0.25, 0.3) is 0 Å². The second kappa shape index (κ2) is 6.57. The summed E-state index contributed by atoms with van der Waals surface area (Å²) in [7, 11) is 0. The van der Waals surface area contributed by atoms with Gasteiger partial charge in [0.15, 0.2) is 0 Å². The number of carboxylic acids is 1. The highest BCUT2D eigenvalue weighted by Gasteiger charge is 2.32. The Bertz CT molecular complexity index is 488. The van der Waals surface area contributed by atoms with E-state index in [4.69, 9.17) is 5.11 Å². The standard InChI is InChI=1S/C11H15BrF3N3O2/c1-3-18-8(10(12)7(2)16-18)4-17(5-9(19)20)6-11(13,14)15/h3-6H2,1-2H3,(H,19,20). The lowest BCUT2D eigenvalue weighted by Gasteiger charge is -2.22. The molecule has 0 bridgehead atoms. The Morgan fingerprint density at radius 1 is 1.50 bits per heavy atom. The first-order valence-corrected chi connectivity index (χ1v) is 6.66. The highest BCUT2D eigenvalue weighted by atomic mass is 79.9. The Labute approximate surface area is 122 Å². The van der Waals surface area contributed by atoms with Gasteiger partial charge < -0.3 is 5.11 Å². The van der Waals surface area contributed by atoms with Crippen molar-refractivity contribution in [2.45, 2.75) is 33.1 Å². The number of halogens is 4. The van der Waals surface area contributed by atoms with Crippen LogP contribution in [-0.2, 0) is 17.9 Å². The summed E-state index contributed by atoms with van der Waals surface area (Å²) in [6.07, 6.45) is -4.45. The van der Waals surface area contributed by atoms with Crippen molar-refractivity contribution >= 4 is 21.9 Å². The first-order chi connectivity index (χ1) is 9.14. The largest absolute Gasteiger partial charge is 0.480 e. The number of aliphatic carboxylic acids is 1. The zero-order valence-electron chi connectivity index (χ0n) is 11.0. The second-order valence-electron chi connectivity index (χ2n) is 4.32. The van der Waals surface area contributed by atoms with Crippen molar-refractivity contribution in [3.05, 3.63) is 15.9 Å². The van der Waals surface area contributed by atoms with Gasteiger partial charge in [-0.1, -0.05) is 0 Å². The van der Waals surface area contributed by atoms with Crippen LogP contribution in [0, 0.1) is 6.92 Å². The number of aromatic nitrogens is 2. The van der Waals surface area contributed by atoms with Crippen molar-refractivity contribution in [2.24, 2.45) is 0 Å². The molecule has 0 saturated carbocycles. The number of aryl methyl sites for hydroxylation is 2. The van der Waals surface area contributed by atoms with Crippen LogP contribution in [0.25, 0.3) is 0 Å². The van der Waals surface area contributed by atoms with E-state index < -0.39 is 25.2 Å². The Balaban J connectivity index is 2.97. The van der Waals surface area contributed by atoms with E-state index in [0.29, 0.717) is 22.4 Å². The van der Waals surface area contributed by atoms with Gasteiger partial charge >= 0.3 is 12.1 Å². The van der Waals surface area contributed by atoms with Gasteiger partial charge in [0.05, 0.1) is 29.0 Å². The predicted octanol–water partition coefficient (Wildman–Crippen LogP) is 2.42. The molecule has 0 radical (unpaired) electrons. The van der Waals surface area contributed by atoms with Crippen LogP contribution < -0.4 is 0 Å². The molecule has 0 unspecified atom stereocenters. The molecule has 0 aliphatic rings. The number of hydrogen-bond acceptors (Lipinski definition) is 3. The molecule has 1 aromatic rings. The average molecular weight is 358 g/mol. The molecule has 20 heavy (non-hydrogen) atoms. The van der Waals surface area contributed by atoms with E-state index in [0.717, 1.165) is 4.90 Å². The van der Waals surface area contributed by atoms with Gasteiger partial charge in [-0.05, 0) is 29.8 Å². The van der Waals surface area contributed by atoms with Crippen molar-refractivity contribution in [1.82, 2.24) is 14.7 Å². The number of nitrogens with zero attached hydrogens (tertiary/aromatic N) is 3. The molecule has 0 spiro atoms. The van der Waals surface area contributed by atoms with E-state index in [-0.39, 0.29) is 6.54 Å². The van der Waals surface area contributed by atoms with Crippen LogP contribution in [0.3, 0.4) is 0 Å². The number of carbonyl (C=O) groups is 1. The summed E-state index contributed by atoms with van der Waals surface area (Å²) in [5.41, 5.74) is 1.19. The summed E-state index contributed by atoms with van der Waals surface area (Å²) in [5, 5.41) is 12.9. The van der Waals surface area contributed by atoms with Gasteiger partial charge in [0.2, 0.25) is 0 Å². The Hall–Kier alpha value is -1.09. The molecule has 9 heteroatoms. The molecule has 1 N–H and O–H groups in total. The summed E-state index contributed by atoms with van der Waals surface area (Å²) in [5.74, 6) is -1.30. The van der Waals surface area contributed by atoms with E-state index in [2.05, 4.69) is 21.0 Å². The van der Waals surface area contributed by atoms with Crippen LogP contribution >= 0.6 is 15.9 Å².